The molecular formula is C16H26N6O2S. The summed E-state index contributed by atoms with van der Waals surface area (Å²) in [6.45, 7) is 6.74. The van der Waals surface area contributed by atoms with Crippen LogP contribution in [0.3, 0.4) is 0 Å². The van der Waals surface area contributed by atoms with Crippen LogP contribution < -0.4 is 15.5 Å². The summed E-state index contributed by atoms with van der Waals surface area (Å²) in [5, 5.41) is 6.01. The molecule has 1 aliphatic heterocycles. The quantitative estimate of drug-likeness (QED) is 0.397. The molecule has 0 atom stereocenters. The first-order valence-electron chi connectivity index (χ1n) is 8.26. The zero-order chi connectivity index (χ0) is 18.1. The average molecular weight is 366 g/mol. The molecule has 2 rings (SSSR count). The van der Waals surface area contributed by atoms with Crippen LogP contribution in [0, 0.1) is 0 Å². The van der Waals surface area contributed by atoms with Gasteiger partial charge in [-0.05, 0) is 12.1 Å². The van der Waals surface area contributed by atoms with E-state index in [1.165, 1.54) is 0 Å². The van der Waals surface area contributed by atoms with Crippen LogP contribution in [-0.2, 0) is 10.0 Å². The Morgan fingerprint density at radius 1 is 1.32 bits per heavy atom. The Hall–Kier alpha value is -2.13. The fourth-order valence-corrected chi connectivity index (χ4v) is 3.89. The molecule has 0 aromatic carbocycles. The molecule has 0 spiro atoms. The van der Waals surface area contributed by atoms with Crippen LogP contribution in [0.15, 0.2) is 42.0 Å². The van der Waals surface area contributed by atoms with E-state index >= 15 is 0 Å². The lowest BCUT2D eigenvalue weighted by molar-refractivity contribution is 0.384. The molecule has 0 unspecified atom stereocenters. The number of hydrogen-bond acceptors (Lipinski definition) is 5. The van der Waals surface area contributed by atoms with Crippen molar-refractivity contribution in [2.75, 3.05) is 57.0 Å². The predicted octanol–water partition coefficient (Wildman–Crippen LogP) is -0.116. The van der Waals surface area contributed by atoms with Crippen molar-refractivity contribution in [2.24, 2.45) is 4.99 Å². The van der Waals surface area contributed by atoms with Gasteiger partial charge in [0.25, 0.3) is 0 Å². The molecule has 0 aliphatic carbocycles. The van der Waals surface area contributed by atoms with Gasteiger partial charge in [-0.2, -0.15) is 4.31 Å². The van der Waals surface area contributed by atoms with E-state index in [1.54, 1.807) is 23.6 Å². The van der Waals surface area contributed by atoms with Crippen LogP contribution in [0.4, 0.5) is 5.82 Å². The summed E-state index contributed by atoms with van der Waals surface area (Å²) >= 11 is 0. The molecule has 1 fully saturated rings. The summed E-state index contributed by atoms with van der Waals surface area (Å²) in [4.78, 5) is 10.4. The maximum absolute atomic E-state index is 12.5. The van der Waals surface area contributed by atoms with Gasteiger partial charge in [0.15, 0.2) is 5.96 Å². The normalized spacial score (nSPS) is 16.5. The van der Waals surface area contributed by atoms with E-state index in [9.17, 15) is 8.42 Å². The lowest BCUT2D eigenvalue weighted by Crippen LogP contribution is -2.50. The molecule has 1 saturated heterocycles. The molecule has 2 N–H and O–H groups in total. The van der Waals surface area contributed by atoms with Gasteiger partial charge in [0, 0.05) is 52.5 Å². The third kappa shape index (κ3) is 5.71. The smallest absolute Gasteiger partial charge is 0.215 e. The molecular weight excluding hydrogens is 340 g/mol. The number of pyridine rings is 1. The third-order valence-electron chi connectivity index (χ3n) is 3.90. The molecule has 0 amide bonds. The number of aliphatic imine (C=N–C) groups is 1. The van der Waals surface area contributed by atoms with Gasteiger partial charge in [0.1, 0.15) is 5.82 Å². The first kappa shape index (κ1) is 19.2. The molecule has 1 aromatic rings. The topological polar surface area (TPSA) is 89.9 Å². The van der Waals surface area contributed by atoms with Crippen molar-refractivity contribution >= 4 is 21.8 Å². The highest BCUT2D eigenvalue weighted by atomic mass is 32.2. The SMILES string of the molecule is C=CCNC(=NC)NCCS(=O)(=O)N1CCN(c2ccccn2)CC1. The molecule has 1 aromatic heterocycles. The Morgan fingerprint density at radius 2 is 2.08 bits per heavy atom. The van der Waals surface area contributed by atoms with E-state index in [0.717, 1.165) is 5.82 Å². The maximum Gasteiger partial charge on any atom is 0.215 e. The fraction of sp³-hybridized carbons (Fsp3) is 0.500. The number of rotatable bonds is 7. The minimum Gasteiger partial charge on any atom is -0.355 e. The number of piperazine rings is 1. The van der Waals surface area contributed by atoms with Gasteiger partial charge in [-0.3, -0.25) is 4.99 Å². The number of guanidine groups is 1. The number of nitrogens with zero attached hydrogens (tertiary/aromatic N) is 4. The first-order chi connectivity index (χ1) is 12.1. The molecule has 2 heterocycles. The molecule has 138 valence electrons. The van der Waals surface area contributed by atoms with E-state index in [1.807, 2.05) is 18.2 Å². The average Bonchev–Trinajstić information content (AvgIpc) is 2.65. The number of anilines is 1. The number of sulfonamides is 1. The lowest BCUT2D eigenvalue weighted by Gasteiger charge is -2.34. The molecule has 8 nitrogen and oxygen atoms in total. The second kappa shape index (κ2) is 9.38. The molecule has 0 bridgehead atoms. The van der Waals surface area contributed by atoms with Crippen molar-refractivity contribution in [3.05, 3.63) is 37.1 Å². The maximum atomic E-state index is 12.5. The van der Waals surface area contributed by atoms with E-state index < -0.39 is 10.0 Å². The van der Waals surface area contributed by atoms with Crippen LogP contribution in [0.5, 0.6) is 0 Å². The summed E-state index contributed by atoms with van der Waals surface area (Å²) in [7, 11) is -1.65. The van der Waals surface area contributed by atoms with Gasteiger partial charge in [-0.15, -0.1) is 6.58 Å². The van der Waals surface area contributed by atoms with Crippen molar-refractivity contribution < 1.29 is 8.42 Å². The van der Waals surface area contributed by atoms with Crippen molar-refractivity contribution in [3.63, 3.8) is 0 Å². The minimum absolute atomic E-state index is 0.0331. The van der Waals surface area contributed by atoms with Gasteiger partial charge in [0.2, 0.25) is 10.0 Å². The molecule has 0 saturated carbocycles. The van der Waals surface area contributed by atoms with Crippen LogP contribution >= 0.6 is 0 Å². The monoisotopic (exact) mass is 366 g/mol. The van der Waals surface area contributed by atoms with E-state index in [-0.39, 0.29) is 5.75 Å². The predicted molar refractivity (Wildman–Crippen MR) is 101 cm³/mol. The highest BCUT2D eigenvalue weighted by Crippen LogP contribution is 2.14. The molecule has 9 heteroatoms. The summed E-state index contributed by atoms with van der Waals surface area (Å²) in [6, 6.07) is 5.75. The zero-order valence-electron chi connectivity index (χ0n) is 14.6. The van der Waals surface area contributed by atoms with Crippen molar-refractivity contribution in [1.82, 2.24) is 19.9 Å². The standard InChI is InChI=1S/C16H26N6O2S/c1-3-7-19-16(17-2)20-9-14-25(23,24)22-12-10-21(11-13-22)15-6-4-5-8-18-15/h3-6,8H,1,7,9-14H2,2H3,(H2,17,19,20). The summed E-state index contributed by atoms with van der Waals surface area (Å²) in [5.41, 5.74) is 0. The lowest BCUT2D eigenvalue weighted by atomic mass is 10.3. The minimum atomic E-state index is -3.29. The molecule has 25 heavy (non-hydrogen) atoms. The fourth-order valence-electron chi connectivity index (χ4n) is 2.55. The van der Waals surface area contributed by atoms with E-state index in [2.05, 4.69) is 32.1 Å². The number of aromatic nitrogens is 1. The Morgan fingerprint density at radius 3 is 2.68 bits per heavy atom. The Bertz CT molecular complexity index is 669. The molecule has 1 aliphatic rings. The van der Waals surface area contributed by atoms with Crippen LogP contribution in [0.1, 0.15) is 0 Å². The van der Waals surface area contributed by atoms with Gasteiger partial charge in [0.05, 0.1) is 5.75 Å². The Labute approximate surface area is 149 Å². The van der Waals surface area contributed by atoms with Crippen LogP contribution in [-0.4, -0.2) is 75.7 Å². The van der Waals surface area contributed by atoms with Crippen molar-refractivity contribution in [2.45, 2.75) is 0 Å². The summed E-state index contributed by atoms with van der Waals surface area (Å²) in [6.07, 6.45) is 3.46. The second-order valence-electron chi connectivity index (χ2n) is 5.56. The molecule has 0 radical (unpaired) electrons. The largest absolute Gasteiger partial charge is 0.355 e. The summed E-state index contributed by atoms with van der Waals surface area (Å²) in [5.74, 6) is 1.49. The second-order valence-corrected chi connectivity index (χ2v) is 7.65. The number of hydrogen-bond donors (Lipinski definition) is 2. The Balaban J connectivity index is 1.80. The van der Waals surface area contributed by atoms with Crippen LogP contribution in [0.2, 0.25) is 0 Å². The van der Waals surface area contributed by atoms with E-state index in [0.29, 0.717) is 45.2 Å². The Kier molecular flexibility index (Phi) is 7.20. The van der Waals surface area contributed by atoms with E-state index in [4.69, 9.17) is 0 Å². The third-order valence-corrected chi connectivity index (χ3v) is 5.77. The van der Waals surface area contributed by atoms with Gasteiger partial charge >= 0.3 is 0 Å². The number of nitrogens with one attached hydrogen (secondary N) is 2. The highest BCUT2D eigenvalue weighted by molar-refractivity contribution is 7.89. The van der Waals surface area contributed by atoms with Crippen LogP contribution in [0.25, 0.3) is 0 Å². The van der Waals surface area contributed by atoms with Crippen molar-refractivity contribution in [3.8, 4) is 0 Å². The summed E-state index contributed by atoms with van der Waals surface area (Å²) < 4.78 is 26.5. The van der Waals surface area contributed by atoms with Crippen molar-refractivity contribution in [1.29, 1.82) is 0 Å². The first-order valence-corrected chi connectivity index (χ1v) is 9.87. The van der Waals surface area contributed by atoms with Gasteiger partial charge in [-0.1, -0.05) is 12.1 Å². The van der Waals surface area contributed by atoms with Gasteiger partial charge in [-0.25, -0.2) is 13.4 Å². The van der Waals surface area contributed by atoms with Gasteiger partial charge < -0.3 is 15.5 Å². The zero-order valence-corrected chi connectivity index (χ0v) is 15.4. The highest BCUT2D eigenvalue weighted by Gasteiger charge is 2.27.